The van der Waals surface area contributed by atoms with Crippen LogP contribution in [-0.4, -0.2) is 10.7 Å². The predicted octanol–water partition coefficient (Wildman–Crippen LogP) is 4.00. The zero-order chi connectivity index (χ0) is 11.4. The van der Waals surface area contributed by atoms with Gasteiger partial charge in [0.15, 0.2) is 0 Å². The molecular weight excluding hydrogens is 172 g/mol. The van der Waals surface area contributed by atoms with E-state index in [0.717, 1.165) is 19.3 Å². The Labute approximate surface area is 89.9 Å². The summed E-state index contributed by atoms with van der Waals surface area (Å²) in [5.41, 5.74) is -0.0448. The van der Waals surface area contributed by atoms with Crippen molar-refractivity contribution in [2.45, 2.75) is 72.8 Å². The van der Waals surface area contributed by atoms with Gasteiger partial charge in [0.25, 0.3) is 0 Å². The Morgan fingerprint density at radius 1 is 1.07 bits per heavy atom. The Bertz CT molecular complexity index is 155. The lowest BCUT2D eigenvalue weighted by Crippen LogP contribution is -2.34. The van der Waals surface area contributed by atoms with Crippen LogP contribution in [0.4, 0.5) is 0 Å². The van der Waals surface area contributed by atoms with Crippen molar-refractivity contribution in [1.82, 2.24) is 0 Å². The molecule has 0 bridgehead atoms. The normalized spacial score (nSPS) is 17.1. The second-order valence-corrected chi connectivity index (χ2v) is 6.03. The van der Waals surface area contributed by atoms with E-state index >= 15 is 0 Å². The van der Waals surface area contributed by atoms with Gasteiger partial charge in [0.05, 0.1) is 5.60 Å². The zero-order valence-electron chi connectivity index (χ0n) is 10.9. The van der Waals surface area contributed by atoms with Crippen LogP contribution >= 0.6 is 0 Å². The molecule has 86 valence electrons. The van der Waals surface area contributed by atoms with Crippen LogP contribution in [0.25, 0.3) is 0 Å². The molecule has 1 heteroatoms. The first kappa shape index (κ1) is 14.0. The largest absolute Gasteiger partial charge is 0.390 e. The molecule has 0 saturated carbocycles. The molecule has 0 aliphatic rings. The maximum absolute atomic E-state index is 10.3. The molecule has 0 spiro atoms. The van der Waals surface area contributed by atoms with E-state index in [2.05, 4.69) is 41.5 Å². The molecule has 1 nitrogen and oxygen atoms in total. The van der Waals surface area contributed by atoms with Gasteiger partial charge in [-0.1, -0.05) is 48.0 Å². The van der Waals surface area contributed by atoms with Gasteiger partial charge >= 0.3 is 0 Å². The van der Waals surface area contributed by atoms with E-state index in [0.29, 0.717) is 11.3 Å². The van der Waals surface area contributed by atoms with Gasteiger partial charge in [-0.3, -0.25) is 0 Å². The van der Waals surface area contributed by atoms with E-state index in [1.807, 2.05) is 0 Å². The quantitative estimate of drug-likeness (QED) is 0.711. The Hall–Kier alpha value is -0.0400. The van der Waals surface area contributed by atoms with Crippen LogP contribution in [0.2, 0.25) is 0 Å². The van der Waals surface area contributed by atoms with E-state index in [-0.39, 0.29) is 0 Å². The molecule has 0 heterocycles. The SMILES string of the molecule is CCC(O)(CCCC(C)(C)C)C(C)C. The maximum atomic E-state index is 10.3. The highest BCUT2D eigenvalue weighted by atomic mass is 16.3. The van der Waals surface area contributed by atoms with Crippen LogP contribution < -0.4 is 0 Å². The molecule has 0 aliphatic heterocycles. The monoisotopic (exact) mass is 200 g/mol. The molecule has 0 amide bonds. The summed E-state index contributed by atoms with van der Waals surface area (Å²) in [5, 5.41) is 10.3. The van der Waals surface area contributed by atoms with Crippen molar-refractivity contribution in [3.8, 4) is 0 Å². The van der Waals surface area contributed by atoms with Gasteiger partial charge in [0.1, 0.15) is 0 Å². The number of hydrogen-bond acceptors (Lipinski definition) is 1. The fourth-order valence-corrected chi connectivity index (χ4v) is 1.80. The summed E-state index contributed by atoms with van der Waals surface area (Å²) in [6, 6.07) is 0. The van der Waals surface area contributed by atoms with Gasteiger partial charge in [-0.15, -0.1) is 0 Å². The lowest BCUT2D eigenvalue weighted by molar-refractivity contribution is -0.0201. The fourth-order valence-electron chi connectivity index (χ4n) is 1.80. The topological polar surface area (TPSA) is 20.2 Å². The molecule has 0 aromatic rings. The van der Waals surface area contributed by atoms with Crippen LogP contribution in [0.1, 0.15) is 67.2 Å². The van der Waals surface area contributed by atoms with Crippen LogP contribution in [0.15, 0.2) is 0 Å². The Morgan fingerprint density at radius 2 is 1.57 bits per heavy atom. The highest BCUT2D eigenvalue weighted by Gasteiger charge is 2.28. The van der Waals surface area contributed by atoms with Crippen molar-refractivity contribution in [2.24, 2.45) is 11.3 Å². The Balaban J connectivity index is 3.97. The van der Waals surface area contributed by atoms with Gasteiger partial charge in [0, 0.05) is 0 Å². The summed E-state index contributed by atoms with van der Waals surface area (Å²) in [6.07, 6.45) is 4.14. The van der Waals surface area contributed by atoms with E-state index < -0.39 is 5.60 Å². The molecule has 0 aliphatic carbocycles. The van der Waals surface area contributed by atoms with E-state index in [1.54, 1.807) is 0 Å². The maximum Gasteiger partial charge on any atom is 0.0668 e. The molecule has 0 rings (SSSR count). The summed E-state index contributed by atoms with van der Waals surface area (Å²) in [5.74, 6) is 0.368. The predicted molar refractivity (Wildman–Crippen MR) is 63.4 cm³/mol. The van der Waals surface area contributed by atoms with Crippen molar-refractivity contribution in [1.29, 1.82) is 0 Å². The fraction of sp³-hybridized carbons (Fsp3) is 1.00. The zero-order valence-corrected chi connectivity index (χ0v) is 10.9. The molecule has 1 atom stereocenters. The van der Waals surface area contributed by atoms with Crippen molar-refractivity contribution >= 4 is 0 Å². The third-order valence-corrected chi connectivity index (χ3v) is 3.22. The van der Waals surface area contributed by atoms with E-state index in [1.165, 1.54) is 6.42 Å². The average Bonchev–Trinajstić information content (AvgIpc) is 2.01. The summed E-state index contributed by atoms with van der Waals surface area (Å²) in [6.45, 7) is 13.1. The Kier molecular flexibility index (Phi) is 5.14. The number of rotatable bonds is 5. The summed E-state index contributed by atoms with van der Waals surface area (Å²) in [7, 11) is 0. The number of hydrogen-bond donors (Lipinski definition) is 1. The van der Waals surface area contributed by atoms with Crippen LogP contribution in [0.3, 0.4) is 0 Å². The van der Waals surface area contributed by atoms with Gasteiger partial charge in [-0.25, -0.2) is 0 Å². The third-order valence-electron chi connectivity index (χ3n) is 3.22. The van der Waals surface area contributed by atoms with Gasteiger partial charge in [0.2, 0.25) is 0 Å². The van der Waals surface area contributed by atoms with Crippen molar-refractivity contribution in [2.75, 3.05) is 0 Å². The molecule has 0 saturated heterocycles. The minimum absolute atomic E-state index is 0.368. The van der Waals surface area contributed by atoms with E-state index in [4.69, 9.17) is 0 Å². The van der Waals surface area contributed by atoms with Crippen molar-refractivity contribution in [3.05, 3.63) is 0 Å². The number of aliphatic hydroxyl groups is 1. The second kappa shape index (κ2) is 5.16. The van der Waals surface area contributed by atoms with Gasteiger partial charge < -0.3 is 5.11 Å². The highest BCUT2D eigenvalue weighted by molar-refractivity contribution is 4.80. The summed E-state index contributed by atoms with van der Waals surface area (Å²) >= 11 is 0. The molecule has 0 radical (unpaired) electrons. The summed E-state index contributed by atoms with van der Waals surface area (Å²) < 4.78 is 0. The smallest absolute Gasteiger partial charge is 0.0668 e. The van der Waals surface area contributed by atoms with E-state index in [9.17, 15) is 5.11 Å². The molecule has 1 unspecified atom stereocenters. The van der Waals surface area contributed by atoms with Gasteiger partial charge in [-0.2, -0.15) is 0 Å². The first-order valence-corrected chi connectivity index (χ1v) is 5.93. The average molecular weight is 200 g/mol. The lowest BCUT2D eigenvalue weighted by Gasteiger charge is -2.32. The lowest BCUT2D eigenvalue weighted by atomic mass is 9.80. The first-order chi connectivity index (χ1) is 6.21. The first-order valence-electron chi connectivity index (χ1n) is 5.93. The van der Waals surface area contributed by atoms with Gasteiger partial charge in [-0.05, 0) is 30.6 Å². The van der Waals surface area contributed by atoms with Crippen LogP contribution in [0.5, 0.6) is 0 Å². The Morgan fingerprint density at radius 3 is 1.86 bits per heavy atom. The van der Waals surface area contributed by atoms with Crippen molar-refractivity contribution < 1.29 is 5.11 Å². The summed E-state index contributed by atoms with van der Waals surface area (Å²) in [4.78, 5) is 0. The third kappa shape index (κ3) is 4.99. The molecular formula is C13H28O. The minimum Gasteiger partial charge on any atom is -0.390 e. The van der Waals surface area contributed by atoms with Crippen molar-refractivity contribution in [3.63, 3.8) is 0 Å². The van der Waals surface area contributed by atoms with Crippen LogP contribution in [-0.2, 0) is 0 Å². The minimum atomic E-state index is -0.439. The molecule has 14 heavy (non-hydrogen) atoms. The molecule has 0 fully saturated rings. The highest BCUT2D eigenvalue weighted by Crippen LogP contribution is 2.30. The molecule has 0 aromatic heterocycles. The van der Waals surface area contributed by atoms with Crippen LogP contribution in [0, 0.1) is 11.3 Å². The second-order valence-electron chi connectivity index (χ2n) is 6.03. The standard InChI is InChI=1S/C13H28O/c1-7-13(14,11(2)3)10-8-9-12(4,5)6/h11,14H,7-10H2,1-6H3. The molecule has 1 N–H and O–H groups in total. The molecule has 0 aromatic carbocycles.